The molecular weight excluding hydrogens is 300 g/mol. The number of aryl methyl sites for hydroxylation is 1. The highest BCUT2D eigenvalue weighted by Crippen LogP contribution is 2.25. The zero-order chi connectivity index (χ0) is 16.4. The molecule has 4 rings (SSSR count). The predicted octanol–water partition coefficient (Wildman–Crippen LogP) is 3.42. The number of anilines is 1. The highest BCUT2D eigenvalue weighted by molar-refractivity contribution is 5.83. The maximum absolute atomic E-state index is 5.48. The fraction of sp³-hybridized carbons (Fsp3) is 0.368. The molecule has 0 aliphatic carbocycles. The van der Waals surface area contributed by atoms with Crippen LogP contribution in [0.5, 0.6) is 0 Å². The second-order valence-corrected chi connectivity index (χ2v) is 6.32. The van der Waals surface area contributed by atoms with E-state index in [0.717, 1.165) is 49.9 Å². The third-order valence-corrected chi connectivity index (χ3v) is 4.58. The molecule has 124 valence electrons. The van der Waals surface area contributed by atoms with Gasteiger partial charge in [-0.3, -0.25) is 0 Å². The van der Waals surface area contributed by atoms with Gasteiger partial charge in [0, 0.05) is 42.2 Å². The minimum absolute atomic E-state index is 0.404. The van der Waals surface area contributed by atoms with E-state index in [2.05, 4.69) is 56.8 Å². The summed E-state index contributed by atoms with van der Waals surface area (Å²) in [5.74, 6) is 2.12. The van der Waals surface area contributed by atoms with Crippen LogP contribution in [0.1, 0.15) is 29.4 Å². The third kappa shape index (κ3) is 3.12. The zero-order valence-electron chi connectivity index (χ0n) is 13.9. The average Bonchev–Trinajstić information content (AvgIpc) is 3.24. The van der Waals surface area contributed by atoms with Gasteiger partial charge in [0.1, 0.15) is 11.6 Å². The first-order valence-electron chi connectivity index (χ1n) is 8.52. The maximum Gasteiger partial charge on any atom is 0.129 e. The Morgan fingerprint density at radius 1 is 1.29 bits per heavy atom. The van der Waals surface area contributed by atoms with Gasteiger partial charge in [-0.05, 0) is 31.4 Å². The fourth-order valence-corrected chi connectivity index (χ4v) is 3.32. The molecule has 1 aromatic carbocycles. The number of aromatic nitrogens is 3. The number of ether oxygens (including phenoxy) is 1. The summed E-state index contributed by atoms with van der Waals surface area (Å²) >= 11 is 0. The lowest BCUT2D eigenvalue weighted by atomic mass is 10.0. The Morgan fingerprint density at radius 3 is 3.08 bits per heavy atom. The molecule has 0 spiro atoms. The highest BCUT2D eigenvalue weighted by atomic mass is 16.5. The van der Waals surface area contributed by atoms with Crippen LogP contribution < -0.4 is 5.32 Å². The predicted molar refractivity (Wildman–Crippen MR) is 95.4 cm³/mol. The monoisotopic (exact) mass is 322 g/mol. The van der Waals surface area contributed by atoms with E-state index in [0.29, 0.717) is 5.92 Å². The Balaban J connectivity index is 1.44. The SMILES string of the molecule is Cc1nc(NCCc2c[nH]c3ccccc23)cc(C2CCOC2)n1. The van der Waals surface area contributed by atoms with Gasteiger partial charge in [0.25, 0.3) is 0 Å². The maximum atomic E-state index is 5.48. The largest absolute Gasteiger partial charge is 0.381 e. The van der Waals surface area contributed by atoms with Crippen molar-refractivity contribution < 1.29 is 4.74 Å². The summed E-state index contributed by atoms with van der Waals surface area (Å²) in [5.41, 5.74) is 3.61. The van der Waals surface area contributed by atoms with Crippen LogP contribution in [0.15, 0.2) is 36.5 Å². The molecule has 24 heavy (non-hydrogen) atoms. The van der Waals surface area contributed by atoms with Gasteiger partial charge in [-0.2, -0.15) is 0 Å². The van der Waals surface area contributed by atoms with Crippen molar-refractivity contribution in [3.05, 3.63) is 53.6 Å². The summed E-state index contributed by atoms with van der Waals surface area (Å²) in [4.78, 5) is 12.4. The Kier molecular flexibility index (Phi) is 4.17. The van der Waals surface area contributed by atoms with Crippen LogP contribution in [0.2, 0.25) is 0 Å². The van der Waals surface area contributed by atoms with Crippen molar-refractivity contribution in [1.82, 2.24) is 15.0 Å². The number of rotatable bonds is 5. The van der Waals surface area contributed by atoms with E-state index in [1.54, 1.807) is 0 Å². The minimum Gasteiger partial charge on any atom is -0.381 e. The molecule has 1 atom stereocenters. The van der Waals surface area contributed by atoms with Crippen LogP contribution >= 0.6 is 0 Å². The van der Waals surface area contributed by atoms with Crippen LogP contribution in [-0.2, 0) is 11.2 Å². The number of nitrogens with one attached hydrogen (secondary N) is 2. The number of benzene rings is 1. The van der Waals surface area contributed by atoms with Crippen LogP contribution in [0.4, 0.5) is 5.82 Å². The van der Waals surface area contributed by atoms with E-state index < -0.39 is 0 Å². The third-order valence-electron chi connectivity index (χ3n) is 4.58. The average molecular weight is 322 g/mol. The van der Waals surface area contributed by atoms with Crippen molar-refractivity contribution in [3.63, 3.8) is 0 Å². The molecule has 1 unspecified atom stereocenters. The summed E-state index contributed by atoms with van der Waals surface area (Å²) in [6.45, 7) is 4.39. The van der Waals surface area contributed by atoms with Crippen molar-refractivity contribution in [3.8, 4) is 0 Å². The normalized spacial score (nSPS) is 17.5. The summed E-state index contributed by atoms with van der Waals surface area (Å²) in [6.07, 6.45) is 4.10. The van der Waals surface area contributed by atoms with Gasteiger partial charge < -0.3 is 15.0 Å². The molecule has 1 aliphatic heterocycles. The Hall–Kier alpha value is -2.40. The van der Waals surface area contributed by atoms with Gasteiger partial charge in [0.05, 0.1) is 12.3 Å². The second-order valence-electron chi connectivity index (χ2n) is 6.32. The van der Waals surface area contributed by atoms with Crippen molar-refractivity contribution in [2.45, 2.75) is 25.7 Å². The van der Waals surface area contributed by atoms with Crippen molar-refractivity contribution in [1.29, 1.82) is 0 Å². The molecule has 1 aliphatic rings. The first-order valence-corrected chi connectivity index (χ1v) is 8.52. The molecule has 0 saturated carbocycles. The molecule has 0 radical (unpaired) electrons. The highest BCUT2D eigenvalue weighted by Gasteiger charge is 2.20. The van der Waals surface area contributed by atoms with Crippen LogP contribution in [0, 0.1) is 6.92 Å². The van der Waals surface area contributed by atoms with Gasteiger partial charge in [-0.15, -0.1) is 0 Å². The standard InChI is InChI=1S/C19H22N4O/c1-13-22-18(15-7-9-24-12-15)10-19(23-13)20-8-6-14-11-21-17-5-3-2-4-16(14)17/h2-5,10-11,15,21H,6-9,12H2,1H3,(H,20,22,23). The van der Waals surface area contributed by atoms with E-state index in [-0.39, 0.29) is 0 Å². The first kappa shape index (κ1) is 15.1. The molecule has 1 fully saturated rings. The number of nitrogens with zero attached hydrogens (tertiary/aromatic N) is 2. The summed E-state index contributed by atoms with van der Waals surface area (Å²) < 4.78 is 5.48. The number of H-pyrrole nitrogens is 1. The topological polar surface area (TPSA) is 62.8 Å². The molecular formula is C19H22N4O. The van der Waals surface area contributed by atoms with Crippen LogP contribution in [-0.4, -0.2) is 34.7 Å². The molecule has 3 heterocycles. The first-order chi connectivity index (χ1) is 11.8. The van der Waals surface area contributed by atoms with Gasteiger partial charge in [0.15, 0.2) is 0 Å². The zero-order valence-corrected chi connectivity index (χ0v) is 13.9. The van der Waals surface area contributed by atoms with Crippen LogP contribution in [0.3, 0.4) is 0 Å². The van der Waals surface area contributed by atoms with Crippen molar-refractivity contribution in [2.24, 2.45) is 0 Å². The van der Waals surface area contributed by atoms with E-state index in [9.17, 15) is 0 Å². The fourth-order valence-electron chi connectivity index (χ4n) is 3.32. The molecule has 5 nitrogen and oxygen atoms in total. The van der Waals surface area contributed by atoms with E-state index in [1.165, 1.54) is 16.5 Å². The van der Waals surface area contributed by atoms with Crippen LogP contribution in [0.25, 0.3) is 10.9 Å². The van der Waals surface area contributed by atoms with Crippen molar-refractivity contribution >= 4 is 16.7 Å². The molecule has 1 saturated heterocycles. The molecule has 0 amide bonds. The summed E-state index contributed by atoms with van der Waals surface area (Å²) in [6, 6.07) is 10.5. The summed E-state index contributed by atoms with van der Waals surface area (Å²) in [7, 11) is 0. The molecule has 5 heteroatoms. The smallest absolute Gasteiger partial charge is 0.129 e. The van der Waals surface area contributed by atoms with Gasteiger partial charge in [-0.25, -0.2) is 9.97 Å². The Labute approximate surface area is 141 Å². The Morgan fingerprint density at radius 2 is 2.21 bits per heavy atom. The quantitative estimate of drug-likeness (QED) is 0.755. The molecule has 0 bridgehead atoms. The van der Waals surface area contributed by atoms with E-state index in [1.807, 2.05) is 6.92 Å². The molecule has 3 aromatic rings. The van der Waals surface area contributed by atoms with Gasteiger partial charge in [-0.1, -0.05) is 18.2 Å². The molecule has 2 N–H and O–H groups in total. The lowest BCUT2D eigenvalue weighted by Crippen LogP contribution is -2.10. The number of aromatic amines is 1. The summed E-state index contributed by atoms with van der Waals surface area (Å²) in [5, 5.41) is 4.74. The Bertz CT molecular complexity index is 836. The molecule has 2 aromatic heterocycles. The number of fused-ring (bicyclic) bond motifs is 1. The number of para-hydroxylation sites is 1. The van der Waals surface area contributed by atoms with Crippen molar-refractivity contribution in [2.75, 3.05) is 25.1 Å². The lowest BCUT2D eigenvalue weighted by molar-refractivity contribution is 0.193. The lowest BCUT2D eigenvalue weighted by Gasteiger charge is -2.11. The number of hydrogen-bond donors (Lipinski definition) is 2. The second kappa shape index (κ2) is 6.61. The minimum atomic E-state index is 0.404. The van der Waals surface area contributed by atoms with Gasteiger partial charge >= 0.3 is 0 Å². The van der Waals surface area contributed by atoms with E-state index in [4.69, 9.17) is 4.74 Å². The number of hydrogen-bond acceptors (Lipinski definition) is 4. The van der Waals surface area contributed by atoms with E-state index >= 15 is 0 Å². The van der Waals surface area contributed by atoms with Gasteiger partial charge in [0.2, 0.25) is 0 Å².